The molecular formula is C15H20ClFN2O2S. The highest BCUT2D eigenvalue weighted by molar-refractivity contribution is 7.89. The molecule has 0 aliphatic carbocycles. The predicted molar refractivity (Wildman–Crippen MR) is 83.9 cm³/mol. The Hall–Kier alpha value is -0.690. The Labute approximate surface area is 135 Å². The van der Waals surface area contributed by atoms with Crippen molar-refractivity contribution in [2.75, 3.05) is 19.6 Å². The normalized spacial score (nSPS) is 24.7. The summed E-state index contributed by atoms with van der Waals surface area (Å²) in [5.74, 6) is -0.345. The van der Waals surface area contributed by atoms with Gasteiger partial charge in [0.1, 0.15) is 4.90 Å². The van der Waals surface area contributed by atoms with Crippen LogP contribution in [0.15, 0.2) is 23.1 Å². The molecular weight excluding hydrogens is 327 g/mol. The number of hydrogen-bond acceptors (Lipinski definition) is 3. The van der Waals surface area contributed by atoms with Crippen LogP contribution in [-0.4, -0.2) is 38.4 Å². The Morgan fingerprint density at radius 2 is 1.95 bits per heavy atom. The number of sulfonamides is 1. The number of halogens is 2. The van der Waals surface area contributed by atoms with E-state index in [9.17, 15) is 12.8 Å². The molecule has 7 heteroatoms. The van der Waals surface area contributed by atoms with Crippen molar-refractivity contribution in [1.29, 1.82) is 0 Å². The van der Waals surface area contributed by atoms with Crippen LogP contribution in [0.5, 0.6) is 0 Å². The SMILES string of the molecule is O=S(=O)(c1cccc(Cl)c1F)N1CCC(C2CCCN2)CC1. The van der Waals surface area contributed by atoms with Crippen molar-refractivity contribution >= 4 is 21.6 Å². The topological polar surface area (TPSA) is 49.4 Å². The maximum Gasteiger partial charge on any atom is 0.246 e. The zero-order valence-electron chi connectivity index (χ0n) is 12.3. The van der Waals surface area contributed by atoms with Crippen LogP contribution in [0.25, 0.3) is 0 Å². The molecule has 1 unspecified atom stereocenters. The minimum Gasteiger partial charge on any atom is -0.314 e. The van der Waals surface area contributed by atoms with E-state index in [1.165, 1.54) is 35.3 Å². The lowest BCUT2D eigenvalue weighted by atomic mass is 9.89. The van der Waals surface area contributed by atoms with Crippen LogP contribution in [0.2, 0.25) is 5.02 Å². The Balaban J connectivity index is 1.73. The number of rotatable bonds is 3. The number of hydrogen-bond donors (Lipinski definition) is 1. The molecule has 0 saturated carbocycles. The third-order valence-electron chi connectivity index (χ3n) is 4.70. The van der Waals surface area contributed by atoms with Crippen LogP contribution in [-0.2, 0) is 10.0 Å². The van der Waals surface area contributed by atoms with Gasteiger partial charge < -0.3 is 5.32 Å². The van der Waals surface area contributed by atoms with Crippen LogP contribution in [0.3, 0.4) is 0 Å². The van der Waals surface area contributed by atoms with Crippen molar-refractivity contribution in [3.63, 3.8) is 0 Å². The molecule has 122 valence electrons. The van der Waals surface area contributed by atoms with E-state index in [-0.39, 0.29) is 9.92 Å². The van der Waals surface area contributed by atoms with E-state index in [0.717, 1.165) is 19.4 Å². The first-order valence-electron chi connectivity index (χ1n) is 7.67. The second kappa shape index (κ2) is 6.43. The molecule has 1 aromatic rings. The minimum atomic E-state index is -3.81. The van der Waals surface area contributed by atoms with Gasteiger partial charge in [0.2, 0.25) is 10.0 Å². The molecule has 2 heterocycles. The highest BCUT2D eigenvalue weighted by atomic mass is 35.5. The molecule has 2 aliphatic rings. The summed E-state index contributed by atoms with van der Waals surface area (Å²) in [5.41, 5.74) is 0. The third kappa shape index (κ3) is 3.02. The molecule has 0 amide bonds. The van der Waals surface area contributed by atoms with Crippen molar-refractivity contribution in [3.8, 4) is 0 Å². The van der Waals surface area contributed by atoms with Crippen molar-refractivity contribution < 1.29 is 12.8 Å². The zero-order chi connectivity index (χ0) is 15.7. The largest absolute Gasteiger partial charge is 0.314 e. The molecule has 0 radical (unpaired) electrons. The smallest absolute Gasteiger partial charge is 0.246 e. The Morgan fingerprint density at radius 3 is 2.59 bits per heavy atom. The van der Waals surface area contributed by atoms with Crippen LogP contribution in [0.4, 0.5) is 4.39 Å². The predicted octanol–water partition coefficient (Wildman–Crippen LogP) is 2.63. The van der Waals surface area contributed by atoms with E-state index in [4.69, 9.17) is 11.6 Å². The standard InChI is InChI=1S/C15H20ClFN2O2S/c16-12-3-1-5-14(15(12)17)22(20,21)19-9-6-11(7-10-19)13-4-2-8-18-13/h1,3,5,11,13,18H,2,4,6-10H2. The summed E-state index contributed by atoms with van der Waals surface area (Å²) in [5, 5.41) is 3.32. The summed E-state index contributed by atoms with van der Waals surface area (Å²) >= 11 is 5.70. The van der Waals surface area contributed by atoms with Crippen LogP contribution in [0.1, 0.15) is 25.7 Å². The van der Waals surface area contributed by atoms with Gasteiger partial charge in [-0.2, -0.15) is 4.31 Å². The maximum atomic E-state index is 14.0. The van der Waals surface area contributed by atoms with Gasteiger partial charge in [-0.05, 0) is 50.3 Å². The lowest BCUT2D eigenvalue weighted by molar-refractivity contribution is 0.233. The number of piperidine rings is 1. The molecule has 2 fully saturated rings. The fourth-order valence-electron chi connectivity index (χ4n) is 3.45. The molecule has 3 rings (SSSR count). The van der Waals surface area contributed by atoms with Gasteiger partial charge in [0.25, 0.3) is 0 Å². The second-order valence-electron chi connectivity index (χ2n) is 6.00. The van der Waals surface area contributed by atoms with Crippen LogP contribution < -0.4 is 5.32 Å². The third-order valence-corrected chi connectivity index (χ3v) is 6.91. The maximum absolute atomic E-state index is 14.0. The van der Waals surface area contributed by atoms with Crippen molar-refractivity contribution in [2.24, 2.45) is 5.92 Å². The van der Waals surface area contributed by atoms with E-state index in [1.54, 1.807) is 0 Å². The fourth-order valence-corrected chi connectivity index (χ4v) is 5.24. The summed E-state index contributed by atoms with van der Waals surface area (Å²) in [7, 11) is -3.81. The van der Waals surface area contributed by atoms with Crippen LogP contribution in [0, 0.1) is 11.7 Å². The molecule has 0 aromatic heterocycles. The molecule has 2 saturated heterocycles. The number of nitrogens with zero attached hydrogens (tertiary/aromatic N) is 1. The van der Waals surface area contributed by atoms with Crippen LogP contribution >= 0.6 is 11.6 Å². The second-order valence-corrected chi connectivity index (χ2v) is 8.31. The first kappa shape index (κ1) is 16.2. The van der Waals surface area contributed by atoms with Crippen molar-refractivity contribution in [1.82, 2.24) is 9.62 Å². The minimum absolute atomic E-state index is 0.161. The molecule has 22 heavy (non-hydrogen) atoms. The molecule has 2 aliphatic heterocycles. The fraction of sp³-hybridized carbons (Fsp3) is 0.600. The lowest BCUT2D eigenvalue weighted by Gasteiger charge is -2.34. The average molecular weight is 347 g/mol. The molecule has 1 atom stereocenters. The van der Waals surface area contributed by atoms with Gasteiger partial charge in [-0.25, -0.2) is 12.8 Å². The Bertz CT molecular complexity index is 639. The Morgan fingerprint density at radius 1 is 1.23 bits per heavy atom. The number of nitrogens with one attached hydrogen (secondary N) is 1. The lowest BCUT2D eigenvalue weighted by Crippen LogP contribution is -2.43. The van der Waals surface area contributed by atoms with Gasteiger partial charge in [-0.15, -0.1) is 0 Å². The van der Waals surface area contributed by atoms with Gasteiger partial charge in [0.15, 0.2) is 5.82 Å². The quantitative estimate of drug-likeness (QED) is 0.915. The van der Waals surface area contributed by atoms with Gasteiger partial charge in [-0.3, -0.25) is 0 Å². The van der Waals surface area contributed by atoms with E-state index >= 15 is 0 Å². The van der Waals surface area contributed by atoms with Gasteiger partial charge >= 0.3 is 0 Å². The highest BCUT2D eigenvalue weighted by Crippen LogP contribution is 2.30. The molecule has 1 aromatic carbocycles. The van der Waals surface area contributed by atoms with E-state index in [0.29, 0.717) is 25.0 Å². The van der Waals surface area contributed by atoms with Gasteiger partial charge in [0, 0.05) is 19.1 Å². The van der Waals surface area contributed by atoms with Crippen molar-refractivity contribution in [2.45, 2.75) is 36.6 Å². The van der Waals surface area contributed by atoms with E-state index in [2.05, 4.69) is 5.32 Å². The summed E-state index contributed by atoms with van der Waals surface area (Å²) in [6, 6.07) is 4.61. The molecule has 1 N–H and O–H groups in total. The summed E-state index contributed by atoms with van der Waals surface area (Å²) in [4.78, 5) is -0.322. The Kier molecular flexibility index (Phi) is 4.73. The average Bonchev–Trinajstić information content (AvgIpc) is 3.04. The number of benzene rings is 1. The monoisotopic (exact) mass is 346 g/mol. The van der Waals surface area contributed by atoms with Crippen molar-refractivity contribution in [3.05, 3.63) is 29.0 Å². The van der Waals surface area contributed by atoms with E-state index < -0.39 is 15.8 Å². The highest BCUT2D eigenvalue weighted by Gasteiger charge is 2.34. The summed E-state index contributed by atoms with van der Waals surface area (Å²) < 4.78 is 40.6. The molecule has 0 spiro atoms. The first-order chi connectivity index (χ1) is 10.5. The molecule has 0 bridgehead atoms. The first-order valence-corrected chi connectivity index (χ1v) is 9.49. The summed E-state index contributed by atoms with van der Waals surface area (Å²) in [6.45, 7) is 1.94. The molecule has 4 nitrogen and oxygen atoms in total. The van der Waals surface area contributed by atoms with Gasteiger partial charge in [-0.1, -0.05) is 17.7 Å². The van der Waals surface area contributed by atoms with Gasteiger partial charge in [0.05, 0.1) is 5.02 Å². The zero-order valence-corrected chi connectivity index (χ0v) is 13.8. The summed E-state index contributed by atoms with van der Waals surface area (Å²) in [6.07, 6.45) is 4.00. The van der Waals surface area contributed by atoms with E-state index in [1.807, 2.05) is 0 Å².